The Kier molecular flexibility index (Phi) is 12.5. The number of imide groups is 1. The van der Waals surface area contributed by atoms with Crippen molar-refractivity contribution in [1.82, 2.24) is 15.1 Å². The molecule has 4 amide bonds. The molecule has 1 saturated heterocycles. The van der Waals surface area contributed by atoms with Crippen LogP contribution < -0.4 is 11.1 Å². The highest BCUT2D eigenvalue weighted by Crippen LogP contribution is 2.13. The van der Waals surface area contributed by atoms with Crippen molar-refractivity contribution >= 4 is 17.8 Å². The second-order valence-corrected chi connectivity index (χ2v) is 7.72. The van der Waals surface area contributed by atoms with Gasteiger partial charge in [0.2, 0.25) is 11.8 Å². The van der Waals surface area contributed by atoms with Crippen LogP contribution in [0.5, 0.6) is 0 Å². The van der Waals surface area contributed by atoms with E-state index in [0.717, 1.165) is 32.1 Å². The van der Waals surface area contributed by atoms with Crippen LogP contribution in [0.25, 0.3) is 0 Å². The normalized spacial score (nSPS) is 15.4. The lowest BCUT2D eigenvalue weighted by atomic mass is 10.1. The number of nitrogens with two attached hydrogens (primary N) is 1. The topological polar surface area (TPSA) is 95.7 Å². The molecule has 7 nitrogen and oxygen atoms in total. The van der Waals surface area contributed by atoms with Crippen LogP contribution in [0.1, 0.15) is 84.5 Å². The maximum absolute atomic E-state index is 12.3. The first-order chi connectivity index (χ1) is 13.5. The molecular formula is C21H40N4O3. The molecule has 0 radical (unpaired) electrons. The minimum Gasteiger partial charge on any atom is -0.352 e. The minimum absolute atomic E-state index is 0.0385. The summed E-state index contributed by atoms with van der Waals surface area (Å²) in [4.78, 5) is 39.4. The summed E-state index contributed by atoms with van der Waals surface area (Å²) in [6, 6.07) is -0.380. The molecule has 162 valence electrons. The van der Waals surface area contributed by atoms with Crippen LogP contribution >= 0.6 is 0 Å². The average molecular weight is 397 g/mol. The quantitative estimate of drug-likeness (QED) is 0.310. The number of hydrogen-bond donors (Lipinski definition) is 2. The fourth-order valence-electron chi connectivity index (χ4n) is 3.60. The van der Waals surface area contributed by atoms with E-state index in [1.165, 1.54) is 37.0 Å². The molecule has 1 heterocycles. The lowest BCUT2D eigenvalue weighted by Crippen LogP contribution is -2.45. The van der Waals surface area contributed by atoms with Crippen molar-refractivity contribution in [2.45, 2.75) is 90.5 Å². The Balaban J connectivity index is 2.41. The largest absolute Gasteiger partial charge is 0.352 e. The van der Waals surface area contributed by atoms with E-state index in [1.807, 2.05) is 0 Å². The van der Waals surface area contributed by atoms with Crippen LogP contribution in [0, 0.1) is 0 Å². The molecule has 0 spiro atoms. The van der Waals surface area contributed by atoms with Crippen molar-refractivity contribution in [1.29, 1.82) is 0 Å². The van der Waals surface area contributed by atoms with Crippen LogP contribution in [0.15, 0.2) is 0 Å². The van der Waals surface area contributed by atoms with Crippen molar-refractivity contribution in [3.05, 3.63) is 0 Å². The smallest absolute Gasteiger partial charge is 0.327 e. The lowest BCUT2D eigenvalue weighted by molar-refractivity contribution is -0.125. The molecule has 1 aliphatic heterocycles. The maximum Gasteiger partial charge on any atom is 0.327 e. The first-order valence-electron chi connectivity index (χ1n) is 11.1. The molecule has 3 N–H and O–H groups in total. The Morgan fingerprint density at radius 1 is 1.04 bits per heavy atom. The fourth-order valence-corrected chi connectivity index (χ4v) is 3.60. The number of rotatable bonds is 16. The summed E-state index contributed by atoms with van der Waals surface area (Å²) in [5.74, 6) is -0.126. The van der Waals surface area contributed by atoms with Crippen molar-refractivity contribution in [2.24, 2.45) is 5.73 Å². The van der Waals surface area contributed by atoms with Crippen molar-refractivity contribution < 1.29 is 14.4 Å². The van der Waals surface area contributed by atoms with Crippen LogP contribution in [-0.2, 0) is 9.59 Å². The SMILES string of the molecule is CCCCCCCCCC(=O)NC(CCCCN)CN1CC(=O)N(CC)C1=O. The second-order valence-electron chi connectivity index (χ2n) is 7.72. The van der Waals surface area contributed by atoms with Crippen LogP contribution in [0.3, 0.4) is 0 Å². The summed E-state index contributed by atoms with van der Waals surface area (Å²) < 4.78 is 0. The van der Waals surface area contributed by atoms with Gasteiger partial charge >= 0.3 is 6.03 Å². The standard InChI is InChI=1S/C21H40N4O3/c1-3-5-6-7-8-9-10-14-19(26)23-18(13-11-12-15-22)16-24-17-20(27)25(4-2)21(24)28/h18H,3-17,22H2,1-2H3,(H,23,26). The number of likely N-dealkylation sites (N-methyl/N-ethyl adjacent to an activating group) is 1. The molecule has 0 aliphatic carbocycles. The molecule has 0 aromatic carbocycles. The second kappa shape index (κ2) is 14.4. The first kappa shape index (κ1) is 24.4. The van der Waals surface area contributed by atoms with E-state index < -0.39 is 0 Å². The molecule has 7 heteroatoms. The molecule has 1 aliphatic rings. The van der Waals surface area contributed by atoms with Gasteiger partial charge in [0.05, 0.1) is 0 Å². The molecule has 1 fully saturated rings. The predicted octanol–water partition coefficient (Wildman–Crippen LogP) is 3.03. The Morgan fingerprint density at radius 2 is 1.71 bits per heavy atom. The molecule has 0 aromatic heterocycles. The third-order valence-electron chi connectivity index (χ3n) is 5.26. The Morgan fingerprint density at radius 3 is 2.32 bits per heavy atom. The lowest BCUT2D eigenvalue weighted by Gasteiger charge is -2.24. The van der Waals surface area contributed by atoms with Gasteiger partial charge in [0.25, 0.3) is 0 Å². The number of amides is 4. The molecule has 28 heavy (non-hydrogen) atoms. The number of hydrogen-bond acceptors (Lipinski definition) is 4. The van der Waals surface area contributed by atoms with Crippen molar-refractivity contribution in [2.75, 3.05) is 26.2 Å². The minimum atomic E-state index is -0.252. The summed E-state index contributed by atoms with van der Waals surface area (Å²) >= 11 is 0. The van der Waals surface area contributed by atoms with E-state index in [2.05, 4.69) is 12.2 Å². The van der Waals surface area contributed by atoms with Gasteiger partial charge in [-0.15, -0.1) is 0 Å². The zero-order valence-electron chi connectivity index (χ0n) is 17.9. The summed E-state index contributed by atoms with van der Waals surface area (Å²) in [6.07, 6.45) is 11.3. The average Bonchev–Trinajstić information content (AvgIpc) is 2.93. The van der Waals surface area contributed by atoms with Crippen LogP contribution in [0.2, 0.25) is 0 Å². The van der Waals surface area contributed by atoms with E-state index in [4.69, 9.17) is 5.73 Å². The number of nitrogens with one attached hydrogen (secondary N) is 1. The molecule has 1 atom stereocenters. The highest BCUT2D eigenvalue weighted by atomic mass is 16.2. The van der Waals surface area contributed by atoms with Gasteiger partial charge in [0.1, 0.15) is 6.54 Å². The van der Waals surface area contributed by atoms with Crippen molar-refractivity contribution in [3.63, 3.8) is 0 Å². The number of carbonyl (C=O) groups is 3. The molecule has 1 unspecified atom stereocenters. The molecular weight excluding hydrogens is 356 g/mol. The number of carbonyl (C=O) groups excluding carboxylic acids is 3. The van der Waals surface area contributed by atoms with Gasteiger partial charge < -0.3 is 16.0 Å². The van der Waals surface area contributed by atoms with Gasteiger partial charge in [0.15, 0.2) is 0 Å². The fraction of sp³-hybridized carbons (Fsp3) is 0.857. The Bertz CT molecular complexity index is 484. The third kappa shape index (κ3) is 9.04. The molecule has 1 rings (SSSR count). The Hall–Kier alpha value is -1.63. The van der Waals surface area contributed by atoms with E-state index in [1.54, 1.807) is 11.8 Å². The molecule has 0 aromatic rings. The van der Waals surface area contributed by atoms with Gasteiger partial charge in [-0.1, -0.05) is 51.9 Å². The van der Waals surface area contributed by atoms with Gasteiger partial charge in [-0.25, -0.2) is 4.79 Å². The number of urea groups is 1. The van der Waals surface area contributed by atoms with Gasteiger partial charge in [0, 0.05) is 25.6 Å². The zero-order valence-corrected chi connectivity index (χ0v) is 17.9. The van der Waals surface area contributed by atoms with Crippen molar-refractivity contribution in [3.8, 4) is 0 Å². The summed E-state index contributed by atoms with van der Waals surface area (Å²) in [6.45, 7) is 5.49. The first-order valence-corrected chi connectivity index (χ1v) is 11.1. The van der Waals surface area contributed by atoms with E-state index in [0.29, 0.717) is 26.1 Å². The van der Waals surface area contributed by atoms with E-state index >= 15 is 0 Å². The number of nitrogens with zero attached hydrogens (tertiary/aromatic N) is 2. The highest BCUT2D eigenvalue weighted by Gasteiger charge is 2.35. The molecule has 0 saturated carbocycles. The maximum atomic E-state index is 12.3. The molecule has 0 bridgehead atoms. The highest BCUT2D eigenvalue weighted by molar-refractivity contribution is 6.01. The van der Waals surface area contributed by atoms with Gasteiger partial charge in [-0.3, -0.25) is 14.5 Å². The van der Waals surface area contributed by atoms with E-state index in [-0.39, 0.29) is 30.4 Å². The monoisotopic (exact) mass is 396 g/mol. The predicted molar refractivity (Wildman–Crippen MR) is 112 cm³/mol. The van der Waals surface area contributed by atoms with Gasteiger partial charge in [-0.2, -0.15) is 0 Å². The van der Waals surface area contributed by atoms with Crippen LogP contribution in [-0.4, -0.2) is 59.9 Å². The number of unbranched alkanes of at least 4 members (excludes halogenated alkanes) is 7. The zero-order chi connectivity index (χ0) is 20.8. The Labute approximate surface area is 170 Å². The summed E-state index contributed by atoms with van der Waals surface area (Å²) in [5.41, 5.74) is 5.58. The van der Waals surface area contributed by atoms with E-state index in [9.17, 15) is 14.4 Å². The third-order valence-corrected chi connectivity index (χ3v) is 5.26. The summed E-state index contributed by atoms with van der Waals surface area (Å²) in [5, 5.41) is 3.08. The van der Waals surface area contributed by atoms with Crippen LogP contribution in [0.4, 0.5) is 4.79 Å². The summed E-state index contributed by atoms with van der Waals surface area (Å²) in [7, 11) is 0. The van der Waals surface area contributed by atoms with Gasteiger partial charge in [-0.05, 0) is 32.7 Å².